The molecule has 0 saturated heterocycles. The Morgan fingerprint density at radius 3 is 2.56 bits per heavy atom. The minimum atomic E-state index is -0.144. The lowest BCUT2D eigenvalue weighted by atomic mass is 10.2. The first kappa shape index (κ1) is 10.7. The van der Waals surface area contributed by atoms with E-state index in [1.54, 1.807) is 12.1 Å². The molecule has 1 heterocycles. The lowest BCUT2D eigenvalue weighted by Crippen LogP contribution is -2.23. The molecule has 0 unspecified atom stereocenters. The van der Waals surface area contributed by atoms with Gasteiger partial charge in [-0.3, -0.25) is 4.79 Å². The summed E-state index contributed by atoms with van der Waals surface area (Å²) in [5.41, 5.74) is 2.23. The summed E-state index contributed by atoms with van der Waals surface area (Å²) in [5, 5.41) is 8.64. The van der Waals surface area contributed by atoms with E-state index in [9.17, 15) is 4.79 Å². The van der Waals surface area contributed by atoms with E-state index in [2.05, 4.69) is 10.3 Å². The van der Waals surface area contributed by atoms with Gasteiger partial charge in [0, 0.05) is 0 Å². The van der Waals surface area contributed by atoms with E-state index < -0.39 is 0 Å². The standard InChI is InChI=1S/C14H11N3O/c1-10-6-2-5-9-13(10)17-14(18)11-7-3-4-8-12(11)15-16-17/h2-9H,1H3. The molecule has 18 heavy (non-hydrogen) atoms. The normalized spacial score (nSPS) is 10.7. The number of fused-ring (bicyclic) bond motifs is 1. The van der Waals surface area contributed by atoms with E-state index in [-0.39, 0.29) is 5.56 Å². The van der Waals surface area contributed by atoms with E-state index in [1.807, 2.05) is 43.3 Å². The van der Waals surface area contributed by atoms with Gasteiger partial charge in [0.25, 0.3) is 5.56 Å². The molecule has 0 aliphatic rings. The molecule has 4 heteroatoms. The van der Waals surface area contributed by atoms with Gasteiger partial charge in [-0.2, -0.15) is 4.68 Å². The zero-order valence-corrected chi connectivity index (χ0v) is 9.87. The number of aryl methyl sites for hydroxylation is 1. The highest BCUT2D eigenvalue weighted by molar-refractivity contribution is 5.76. The molecule has 2 aromatic carbocycles. The van der Waals surface area contributed by atoms with Crippen LogP contribution in [0.2, 0.25) is 0 Å². The van der Waals surface area contributed by atoms with Gasteiger partial charge in [0.05, 0.1) is 11.1 Å². The summed E-state index contributed by atoms with van der Waals surface area (Å²) in [6, 6.07) is 14.8. The molecule has 0 fully saturated rings. The zero-order valence-electron chi connectivity index (χ0n) is 9.87. The van der Waals surface area contributed by atoms with Crippen LogP contribution < -0.4 is 5.56 Å². The van der Waals surface area contributed by atoms with Crippen LogP contribution in [0.3, 0.4) is 0 Å². The third-order valence-electron chi connectivity index (χ3n) is 2.91. The SMILES string of the molecule is Cc1ccccc1-n1nnc2ccccc2c1=O. The lowest BCUT2D eigenvalue weighted by Gasteiger charge is -2.07. The van der Waals surface area contributed by atoms with Gasteiger partial charge in [-0.05, 0) is 30.7 Å². The molecule has 0 bridgehead atoms. The molecule has 0 amide bonds. The van der Waals surface area contributed by atoms with E-state index >= 15 is 0 Å². The minimum Gasteiger partial charge on any atom is -0.267 e. The number of hydrogen-bond acceptors (Lipinski definition) is 3. The first-order chi connectivity index (χ1) is 8.77. The summed E-state index contributed by atoms with van der Waals surface area (Å²) in [7, 11) is 0. The molecule has 3 aromatic rings. The molecule has 0 aliphatic carbocycles. The summed E-state index contributed by atoms with van der Waals surface area (Å²) in [6.45, 7) is 1.94. The Kier molecular flexibility index (Phi) is 2.41. The Hall–Kier alpha value is -2.49. The maximum absolute atomic E-state index is 12.3. The fraction of sp³-hybridized carbons (Fsp3) is 0.0714. The second-order valence-corrected chi connectivity index (χ2v) is 4.11. The van der Waals surface area contributed by atoms with Gasteiger partial charge in [0.15, 0.2) is 0 Å². The van der Waals surface area contributed by atoms with Crippen LogP contribution in [0.1, 0.15) is 5.56 Å². The second-order valence-electron chi connectivity index (χ2n) is 4.11. The molecule has 1 aromatic heterocycles. The molecular formula is C14H11N3O. The molecule has 0 aliphatic heterocycles. The largest absolute Gasteiger partial charge is 0.282 e. The van der Waals surface area contributed by atoms with E-state index in [0.29, 0.717) is 10.9 Å². The van der Waals surface area contributed by atoms with Crippen molar-refractivity contribution in [3.05, 3.63) is 64.4 Å². The highest BCUT2D eigenvalue weighted by atomic mass is 16.1. The number of aromatic nitrogens is 3. The monoisotopic (exact) mass is 237 g/mol. The molecule has 0 atom stereocenters. The molecule has 4 nitrogen and oxygen atoms in total. The summed E-state index contributed by atoms with van der Waals surface area (Å²) in [4.78, 5) is 12.3. The van der Waals surface area contributed by atoms with Gasteiger partial charge in [0.1, 0.15) is 5.52 Å². The van der Waals surface area contributed by atoms with E-state index in [4.69, 9.17) is 0 Å². The molecule has 88 valence electrons. The number of hydrogen-bond donors (Lipinski definition) is 0. The quantitative estimate of drug-likeness (QED) is 0.651. The van der Waals surface area contributed by atoms with Crippen LogP contribution in [0, 0.1) is 6.92 Å². The van der Waals surface area contributed by atoms with Crippen LogP contribution in [-0.2, 0) is 0 Å². The van der Waals surface area contributed by atoms with Crippen LogP contribution in [-0.4, -0.2) is 15.0 Å². The third-order valence-corrected chi connectivity index (χ3v) is 2.91. The first-order valence-electron chi connectivity index (χ1n) is 5.68. The fourth-order valence-electron chi connectivity index (χ4n) is 1.95. The number of para-hydroxylation sites is 1. The maximum atomic E-state index is 12.3. The molecular weight excluding hydrogens is 226 g/mol. The molecule has 3 rings (SSSR count). The van der Waals surface area contributed by atoms with Crippen LogP contribution in [0.25, 0.3) is 16.6 Å². The van der Waals surface area contributed by atoms with Gasteiger partial charge in [-0.1, -0.05) is 35.5 Å². The van der Waals surface area contributed by atoms with Crippen molar-refractivity contribution in [3.63, 3.8) is 0 Å². The lowest BCUT2D eigenvalue weighted by molar-refractivity contribution is 0.734. The predicted octanol–water partition coefficient (Wildman–Crippen LogP) is 2.09. The number of benzene rings is 2. The van der Waals surface area contributed by atoms with Crippen molar-refractivity contribution in [1.82, 2.24) is 15.0 Å². The average Bonchev–Trinajstić information content (AvgIpc) is 2.41. The Morgan fingerprint density at radius 1 is 1.00 bits per heavy atom. The Balaban J connectivity index is 2.35. The average molecular weight is 237 g/mol. The summed E-state index contributed by atoms with van der Waals surface area (Å²) in [6.07, 6.45) is 0. The highest BCUT2D eigenvalue weighted by Gasteiger charge is 2.08. The molecule has 0 radical (unpaired) electrons. The zero-order chi connectivity index (χ0) is 12.5. The number of rotatable bonds is 1. The molecule has 0 spiro atoms. The maximum Gasteiger partial charge on any atom is 0.282 e. The van der Waals surface area contributed by atoms with Crippen LogP contribution in [0.4, 0.5) is 0 Å². The van der Waals surface area contributed by atoms with Crippen LogP contribution in [0.15, 0.2) is 53.3 Å². The summed E-state index contributed by atoms with van der Waals surface area (Å²) < 4.78 is 1.34. The van der Waals surface area contributed by atoms with Crippen molar-refractivity contribution in [2.75, 3.05) is 0 Å². The van der Waals surface area contributed by atoms with Crippen LogP contribution >= 0.6 is 0 Å². The highest BCUT2D eigenvalue weighted by Crippen LogP contribution is 2.11. The predicted molar refractivity (Wildman–Crippen MR) is 69.9 cm³/mol. The topological polar surface area (TPSA) is 47.8 Å². The van der Waals surface area contributed by atoms with E-state index in [1.165, 1.54) is 4.68 Å². The molecule has 0 N–H and O–H groups in total. The van der Waals surface area contributed by atoms with Crippen molar-refractivity contribution in [1.29, 1.82) is 0 Å². The Morgan fingerprint density at radius 2 is 1.72 bits per heavy atom. The Labute approximate surface area is 104 Å². The van der Waals surface area contributed by atoms with Gasteiger partial charge < -0.3 is 0 Å². The van der Waals surface area contributed by atoms with Crippen LogP contribution in [0.5, 0.6) is 0 Å². The van der Waals surface area contributed by atoms with E-state index in [0.717, 1.165) is 11.3 Å². The van der Waals surface area contributed by atoms with Crippen molar-refractivity contribution in [2.24, 2.45) is 0 Å². The first-order valence-corrected chi connectivity index (χ1v) is 5.68. The smallest absolute Gasteiger partial charge is 0.267 e. The van der Waals surface area contributed by atoms with Crippen molar-refractivity contribution < 1.29 is 0 Å². The van der Waals surface area contributed by atoms with Gasteiger partial charge >= 0.3 is 0 Å². The fourth-order valence-corrected chi connectivity index (χ4v) is 1.95. The van der Waals surface area contributed by atoms with Crippen molar-refractivity contribution in [3.8, 4) is 5.69 Å². The van der Waals surface area contributed by atoms with Gasteiger partial charge in [0.2, 0.25) is 0 Å². The van der Waals surface area contributed by atoms with Crippen molar-refractivity contribution in [2.45, 2.75) is 6.92 Å². The van der Waals surface area contributed by atoms with Crippen molar-refractivity contribution >= 4 is 10.9 Å². The minimum absolute atomic E-state index is 0.144. The van der Waals surface area contributed by atoms with Gasteiger partial charge in [-0.15, -0.1) is 5.10 Å². The van der Waals surface area contributed by atoms with Gasteiger partial charge in [-0.25, -0.2) is 0 Å². The second kappa shape index (κ2) is 4.07. The molecule has 0 saturated carbocycles. The Bertz CT molecular complexity index is 777. The third kappa shape index (κ3) is 1.59. The summed E-state index contributed by atoms with van der Waals surface area (Å²) >= 11 is 0. The summed E-state index contributed by atoms with van der Waals surface area (Å²) in [5.74, 6) is 0. The number of nitrogens with zero attached hydrogens (tertiary/aromatic N) is 3.